The Bertz CT molecular complexity index is 1740. The largest absolute Gasteiger partial charge is 0.490 e. The molecule has 4 unspecified atom stereocenters. The number of ether oxygens (including phenoxy) is 1. The van der Waals surface area contributed by atoms with E-state index in [-0.39, 0.29) is 25.2 Å². The van der Waals surface area contributed by atoms with Gasteiger partial charge in [-0.15, -0.1) is 0 Å². The van der Waals surface area contributed by atoms with Crippen molar-refractivity contribution < 1.29 is 50.4 Å². The number of phosphoric ester groups is 2. The van der Waals surface area contributed by atoms with Crippen LogP contribution in [0.1, 0.15) is 231 Å². The zero-order chi connectivity index (χ0) is 48.4. The Hall–Kier alpha value is -1.64. The van der Waals surface area contributed by atoms with Crippen LogP contribution < -0.4 is 11.2 Å². The van der Waals surface area contributed by atoms with Crippen LogP contribution in [0, 0.1) is 6.92 Å². The van der Waals surface area contributed by atoms with Crippen LogP contribution in [0.4, 0.5) is 0 Å². The minimum absolute atomic E-state index is 0.0711. The number of azide groups is 1. The number of aromatic nitrogens is 2. The van der Waals surface area contributed by atoms with Crippen LogP contribution in [0.3, 0.4) is 0 Å². The van der Waals surface area contributed by atoms with Gasteiger partial charge in [0.05, 0.1) is 32.0 Å². The first-order chi connectivity index (χ1) is 31.7. The minimum Gasteiger partial charge on any atom is -0.352 e. The lowest BCUT2D eigenvalue weighted by Crippen LogP contribution is -2.33. The highest BCUT2D eigenvalue weighted by molar-refractivity contribution is 7.67. The van der Waals surface area contributed by atoms with Gasteiger partial charge < -0.3 is 14.5 Å². The Morgan fingerprint density at radius 3 is 1.44 bits per heavy atom. The standard InChI is InChI=1S/C45H86N5O13P3/c1-4-6-8-10-12-14-16-18-20-22-24-26-28-30-32-34-36-59-66(57,58-35-33-31-29-27-25-23-21-19-17-15-13-11-9-7-5-2)63-65(55,56)62-64(53,54)60-39-42-41(48-49-46)37-43(61-42)50-38-40(3)44(51)47-45(50)52/h38,41-43H,4-37,39H2,1-3H3,(H,53,54)(H,55,56)(H,47,51,52)/t41?,42-,43-,66?/m1/s1. The number of phosphoric acid groups is 3. The number of nitrogens with zero attached hydrogens (tertiary/aromatic N) is 4. The van der Waals surface area contributed by atoms with Crippen molar-refractivity contribution >= 4 is 23.5 Å². The number of H-pyrrole nitrogens is 1. The third-order valence-electron chi connectivity index (χ3n) is 11.9. The van der Waals surface area contributed by atoms with Gasteiger partial charge in [-0.2, -0.15) is 8.62 Å². The van der Waals surface area contributed by atoms with Crippen molar-refractivity contribution in [3.63, 3.8) is 0 Å². The summed E-state index contributed by atoms with van der Waals surface area (Å²) in [6, 6.07) is -1.01. The van der Waals surface area contributed by atoms with E-state index in [0.29, 0.717) is 12.8 Å². The maximum absolute atomic E-state index is 13.7. The zero-order valence-corrected chi connectivity index (χ0v) is 43.3. The Kier molecular flexibility index (Phi) is 33.3. The Labute approximate surface area is 394 Å². The summed E-state index contributed by atoms with van der Waals surface area (Å²) in [5, 5.41) is 3.62. The molecule has 0 aliphatic carbocycles. The topological polar surface area (TPSA) is 251 Å². The van der Waals surface area contributed by atoms with E-state index in [2.05, 4.69) is 33.2 Å². The molecule has 0 aromatic carbocycles. The third kappa shape index (κ3) is 28.8. The maximum Gasteiger partial charge on any atom is 0.490 e. The molecule has 1 aliphatic heterocycles. The van der Waals surface area contributed by atoms with Gasteiger partial charge in [0.15, 0.2) is 0 Å². The summed E-state index contributed by atoms with van der Waals surface area (Å²) in [4.78, 5) is 50.2. The van der Waals surface area contributed by atoms with E-state index in [1.165, 1.54) is 148 Å². The molecule has 1 fully saturated rings. The first-order valence-corrected chi connectivity index (χ1v) is 29.8. The number of rotatable bonds is 44. The molecule has 0 amide bonds. The van der Waals surface area contributed by atoms with Crippen LogP contribution in [-0.4, -0.2) is 51.3 Å². The number of hydrogen-bond donors (Lipinski definition) is 3. The molecular formula is C45H86N5O13P3. The Morgan fingerprint density at radius 2 is 1.05 bits per heavy atom. The van der Waals surface area contributed by atoms with E-state index in [0.717, 1.165) is 55.9 Å². The lowest BCUT2D eigenvalue weighted by atomic mass is 10.0. The molecule has 2 rings (SSSR count). The predicted octanol–water partition coefficient (Wildman–Crippen LogP) is 14.3. The number of hydrogen-bond acceptors (Lipinski definition) is 12. The van der Waals surface area contributed by atoms with Crippen molar-refractivity contribution in [2.45, 2.75) is 245 Å². The average molecular weight is 998 g/mol. The number of aromatic amines is 1. The molecule has 66 heavy (non-hydrogen) atoms. The van der Waals surface area contributed by atoms with Gasteiger partial charge in [0.2, 0.25) is 0 Å². The number of unbranched alkanes of at least 4 members (excludes halogenated alkanes) is 29. The summed E-state index contributed by atoms with van der Waals surface area (Å²) in [7, 11) is -15.9. The normalized spacial score (nSPS) is 19.0. The lowest BCUT2D eigenvalue weighted by Gasteiger charge is -2.22. The molecule has 1 aromatic heterocycles. The van der Waals surface area contributed by atoms with Gasteiger partial charge in [0, 0.05) is 23.1 Å². The maximum atomic E-state index is 13.7. The highest BCUT2D eigenvalue weighted by atomic mass is 31.3. The van der Waals surface area contributed by atoms with Crippen LogP contribution >= 0.6 is 23.5 Å². The quantitative estimate of drug-likeness (QED) is 0.0181. The fraction of sp³-hybridized carbons (Fsp3) is 0.911. The van der Waals surface area contributed by atoms with Gasteiger partial charge in [-0.1, -0.05) is 205 Å². The van der Waals surface area contributed by atoms with Gasteiger partial charge in [-0.25, -0.2) is 18.5 Å². The van der Waals surface area contributed by atoms with Crippen LogP contribution in [0.25, 0.3) is 10.4 Å². The van der Waals surface area contributed by atoms with E-state index < -0.39 is 59.7 Å². The average Bonchev–Trinajstić information content (AvgIpc) is 3.66. The summed E-state index contributed by atoms with van der Waals surface area (Å²) < 4.78 is 71.8. The Balaban J connectivity index is 1.84. The van der Waals surface area contributed by atoms with Crippen LogP contribution in [-0.2, 0) is 40.6 Å². The molecule has 2 heterocycles. The summed E-state index contributed by atoms with van der Waals surface area (Å²) >= 11 is 0. The molecule has 3 N–H and O–H groups in total. The summed E-state index contributed by atoms with van der Waals surface area (Å²) in [6.45, 7) is 4.93. The first-order valence-electron chi connectivity index (χ1n) is 25.4. The molecule has 384 valence electrons. The molecule has 0 spiro atoms. The smallest absolute Gasteiger partial charge is 0.352 e. The van der Waals surface area contributed by atoms with E-state index in [1.807, 2.05) is 0 Å². The van der Waals surface area contributed by atoms with Gasteiger partial charge in [-0.05, 0) is 25.3 Å². The second kappa shape index (κ2) is 36.3. The minimum atomic E-state index is -5.64. The van der Waals surface area contributed by atoms with Gasteiger partial charge in [0.25, 0.3) is 5.56 Å². The summed E-state index contributed by atoms with van der Waals surface area (Å²) in [6.07, 6.45) is 34.8. The molecule has 0 radical (unpaired) electrons. The van der Waals surface area contributed by atoms with E-state index >= 15 is 0 Å². The second-order valence-electron chi connectivity index (χ2n) is 17.9. The molecular weight excluding hydrogens is 911 g/mol. The SMILES string of the molecule is CCCCCCCCCCCCCCCCCCOP(=O)(OCCCCCCCCCCCCCCCCC)OP(=O)(O)OP(=O)(O)OC[C@H]1O[C@@H](n2cc(C)c(=O)[nH]c2=O)CC1N=[N+]=[N-]. The molecule has 1 aliphatic rings. The van der Waals surface area contributed by atoms with Crippen molar-refractivity contribution in [1.29, 1.82) is 0 Å². The predicted molar refractivity (Wildman–Crippen MR) is 259 cm³/mol. The van der Waals surface area contributed by atoms with Gasteiger partial charge in [0.1, 0.15) is 6.23 Å². The van der Waals surface area contributed by atoms with E-state index in [9.17, 15) is 33.1 Å². The fourth-order valence-corrected chi connectivity index (χ4v) is 12.2. The summed E-state index contributed by atoms with van der Waals surface area (Å²) in [5.74, 6) is 0. The van der Waals surface area contributed by atoms with Crippen molar-refractivity contribution in [2.24, 2.45) is 5.11 Å². The van der Waals surface area contributed by atoms with Crippen LogP contribution in [0.15, 0.2) is 20.9 Å². The number of nitrogens with one attached hydrogen (secondary N) is 1. The van der Waals surface area contributed by atoms with Crippen molar-refractivity contribution in [1.82, 2.24) is 9.55 Å². The monoisotopic (exact) mass is 998 g/mol. The lowest BCUT2D eigenvalue weighted by molar-refractivity contribution is -0.0268. The van der Waals surface area contributed by atoms with Crippen LogP contribution in [0.5, 0.6) is 0 Å². The molecule has 21 heteroatoms. The molecule has 1 aromatic rings. The molecule has 1 saturated heterocycles. The molecule has 18 nitrogen and oxygen atoms in total. The zero-order valence-electron chi connectivity index (χ0n) is 40.6. The van der Waals surface area contributed by atoms with Crippen molar-refractivity contribution in [3.05, 3.63) is 43.0 Å². The Morgan fingerprint density at radius 1 is 0.652 bits per heavy atom. The second-order valence-corrected chi connectivity index (χ2v) is 22.7. The highest BCUT2D eigenvalue weighted by Crippen LogP contribution is 2.69. The van der Waals surface area contributed by atoms with Gasteiger partial charge >= 0.3 is 29.2 Å². The first kappa shape index (κ1) is 60.5. The van der Waals surface area contributed by atoms with Gasteiger partial charge in [-0.3, -0.25) is 27.9 Å². The van der Waals surface area contributed by atoms with Crippen LogP contribution in [0.2, 0.25) is 0 Å². The molecule has 0 bridgehead atoms. The van der Waals surface area contributed by atoms with E-state index in [4.69, 9.17) is 28.1 Å². The molecule has 0 saturated carbocycles. The van der Waals surface area contributed by atoms with Crippen molar-refractivity contribution in [2.75, 3.05) is 19.8 Å². The van der Waals surface area contributed by atoms with E-state index in [1.54, 1.807) is 0 Å². The highest BCUT2D eigenvalue weighted by Gasteiger charge is 2.45. The molecule has 6 atom stereocenters. The fourth-order valence-electron chi connectivity index (χ4n) is 8.05. The third-order valence-corrected chi connectivity index (χ3v) is 16.7. The number of aryl methyl sites for hydroxylation is 1. The summed E-state index contributed by atoms with van der Waals surface area (Å²) in [5.41, 5.74) is 7.90. The van der Waals surface area contributed by atoms with Crippen molar-refractivity contribution in [3.8, 4) is 0 Å².